The zero-order valence-corrected chi connectivity index (χ0v) is 19.1. The fourth-order valence-electron chi connectivity index (χ4n) is 6.04. The van der Waals surface area contributed by atoms with Crippen LogP contribution in [0, 0.1) is 0 Å². The summed E-state index contributed by atoms with van der Waals surface area (Å²) in [6.07, 6.45) is 11.0. The third kappa shape index (κ3) is 3.43. The summed E-state index contributed by atoms with van der Waals surface area (Å²) in [4.78, 5) is 17.5. The second-order valence-electron chi connectivity index (χ2n) is 8.10. The van der Waals surface area contributed by atoms with Crippen molar-refractivity contribution in [2.75, 3.05) is 7.11 Å². The van der Waals surface area contributed by atoms with Crippen LogP contribution in [0.15, 0.2) is 4.99 Å². The Kier molecular flexibility index (Phi) is 7.47. The summed E-state index contributed by atoms with van der Waals surface area (Å²) >= 11 is 0. The molecule has 0 aromatic rings. The quantitative estimate of drug-likeness (QED) is 0.567. The van der Waals surface area contributed by atoms with Gasteiger partial charge in [-0.25, -0.2) is 0 Å². The van der Waals surface area contributed by atoms with E-state index in [2.05, 4.69) is 0 Å². The maximum absolute atomic E-state index is 12.8. The number of hydrogen-bond donors (Lipinski definition) is 0. The van der Waals surface area contributed by atoms with Gasteiger partial charge >= 0.3 is 51.4 Å². The van der Waals surface area contributed by atoms with Gasteiger partial charge in [0.15, 0.2) is 0 Å². The zero-order chi connectivity index (χ0) is 16.5. The van der Waals surface area contributed by atoms with Crippen molar-refractivity contribution in [2.24, 2.45) is 4.99 Å². The number of nitrogens with zero attached hydrogens (tertiary/aromatic N) is 1. The van der Waals surface area contributed by atoms with E-state index in [4.69, 9.17) is 14.4 Å². The Labute approximate surface area is 189 Å². The zero-order valence-electron chi connectivity index (χ0n) is 16.0. The van der Waals surface area contributed by atoms with Crippen LogP contribution in [0.5, 0.6) is 0 Å². The largest absolute Gasteiger partial charge is 1.00 e. The number of esters is 1. The van der Waals surface area contributed by atoms with Gasteiger partial charge in [0.1, 0.15) is 5.90 Å². The van der Waals surface area contributed by atoms with E-state index in [9.17, 15) is 4.79 Å². The van der Waals surface area contributed by atoms with Crippen LogP contribution in [0.1, 0.15) is 78.1 Å². The average molecular weight is 359 g/mol. The van der Waals surface area contributed by atoms with E-state index >= 15 is 0 Å². The van der Waals surface area contributed by atoms with E-state index in [-0.39, 0.29) is 57.4 Å². The van der Waals surface area contributed by atoms with Crippen LogP contribution in [0.25, 0.3) is 0 Å². The van der Waals surface area contributed by atoms with Crippen LogP contribution in [0.4, 0.5) is 0 Å². The predicted molar refractivity (Wildman–Crippen MR) is 94.0 cm³/mol. The van der Waals surface area contributed by atoms with E-state index in [1.54, 1.807) is 0 Å². The third-order valence-electron chi connectivity index (χ3n) is 6.93. The Morgan fingerprint density at radius 2 is 1.54 bits per heavy atom. The molecule has 2 fully saturated rings. The van der Waals surface area contributed by atoms with Crippen LogP contribution in [0.3, 0.4) is 0 Å². The smallest absolute Gasteiger partial charge is 0.700 e. The van der Waals surface area contributed by atoms with Crippen LogP contribution in [0.2, 0.25) is 11.6 Å². The number of hydrogen-bond acceptors (Lipinski definition) is 4. The first-order valence-corrected chi connectivity index (χ1v) is 9.54. The summed E-state index contributed by atoms with van der Waals surface area (Å²) in [6, 6.07) is 0. The maximum Gasteiger partial charge on any atom is 1.00 e. The molecule has 0 amide bonds. The van der Waals surface area contributed by atoms with Crippen molar-refractivity contribution in [3.8, 4) is 0 Å². The predicted octanol–water partition coefficient (Wildman–Crippen LogP) is 1.52. The van der Waals surface area contributed by atoms with Crippen molar-refractivity contribution in [3.05, 3.63) is 0 Å². The molecule has 0 radical (unpaired) electrons. The van der Waals surface area contributed by atoms with Crippen molar-refractivity contribution in [3.63, 3.8) is 0 Å². The number of carbonyl (C=O) groups excluding carboxylic acids is 1. The van der Waals surface area contributed by atoms with Gasteiger partial charge in [0.25, 0.3) is 5.97 Å². The van der Waals surface area contributed by atoms with Crippen molar-refractivity contribution < 1.29 is 65.6 Å². The number of aliphatic imine (C=N–C) groups is 1. The molecule has 2 aliphatic carbocycles. The maximum atomic E-state index is 12.8. The van der Waals surface area contributed by atoms with Crippen molar-refractivity contribution in [2.45, 2.75) is 95.1 Å². The normalized spacial score (nSPS) is 30.9. The number of methoxy groups -OCH3 is 1. The molecule has 0 unspecified atom stereocenters. The number of carbonyl (C=O) groups is 1. The van der Waals surface area contributed by atoms with E-state index in [1.165, 1.54) is 71.3 Å². The number of rotatable bonds is 3. The van der Waals surface area contributed by atoms with E-state index in [0.29, 0.717) is 17.5 Å². The fraction of sp³-hybridized carbons (Fsp3) is 0.889. The Bertz CT molecular complexity index is 469. The summed E-state index contributed by atoms with van der Waals surface area (Å²) in [7, 11) is 1.49. The van der Waals surface area contributed by atoms with Gasteiger partial charge in [-0.2, -0.15) is 0 Å². The van der Waals surface area contributed by atoms with Gasteiger partial charge in [0, 0.05) is 6.92 Å². The SMILES string of the molecule is COC(=O)[C@@]1(C)N=C(C)O[B-]1(C1CCCCC1)C1CCCCC1.[K+]. The first-order chi connectivity index (χ1) is 11.0. The van der Waals surface area contributed by atoms with Crippen molar-refractivity contribution >= 4 is 18.2 Å². The molecular formula is C18H31BKNO3. The molecule has 0 saturated heterocycles. The molecule has 24 heavy (non-hydrogen) atoms. The monoisotopic (exact) mass is 359 g/mol. The molecule has 130 valence electrons. The van der Waals surface area contributed by atoms with E-state index in [1.807, 2.05) is 13.8 Å². The average Bonchev–Trinajstić information content (AvgIpc) is 2.88. The molecule has 1 heterocycles. The van der Waals surface area contributed by atoms with Gasteiger partial charge in [-0.3, -0.25) is 9.79 Å². The molecule has 0 N–H and O–H groups in total. The summed E-state index contributed by atoms with van der Waals surface area (Å²) < 4.78 is 11.8. The summed E-state index contributed by atoms with van der Waals surface area (Å²) in [5.41, 5.74) is -0.831. The van der Waals surface area contributed by atoms with Crippen LogP contribution in [-0.2, 0) is 14.2 Å². The molecule has 4 nitrogen and oxygen atoms in total. The molecule has 6 heteroatoms. The van der Waals surface area contributed by atoms with Gasteiger partial charge in [-0.1, -0.05) is 71.1 Å². The first-order valence-electron chi connectivity index (χ1n) is 9.54. The molecule has 0 spiro atoms. The topological polar surface area (TPSA) is 47.9 Å². The minimum Gasteiger partial charge on any atom is -0.700 e. The standard InChI is InChI=1S/C18H31BNO3.K/c1-14-20-18(2,17(21)22-3)19(23-14,15-10-6-4-7-11-15)16-12-8-5-9-13-16;/h15-16H,4-13H2,1-3H3;/q-1;+1/t18-;/m1./s1. The van der Waals surface area contributed by atoms with Crippen molar-refractivity contribution in [1.82, 2.24) is 0 Å². The summed E-state index contributed by atoms with van der Waals surface area (Å²) in [5, 5.41) is 0. The van der Waals surface area contributed by atoms with Gasteiger partial charge in [-0.05, 0) is 0 Å². The summed E-state index contributed by atoms with van der Waals surface area (Å²) in [5.74, 6) is 1.42. The van der Waals surface area contributed by atoms with E-state index < -0.39 is 11.8 Å². The molecule has 2 saturated carbocycles. The molecule has 0 aromatic carbocycles. The first kappa shape index (κ1) is 20.9. The minimum absolute atomic E-state index is 0. The molecule has 0 aromatic heterocycles. The Hall–Kier alpha value is 0.641. The van der Waals surface area contributed by atoms with Gasteiger partial charge in [0.2, 0.25) is 6.35 Å². The third-order valence-corrected chi connectivity index (χ3v) is 6.93. The molecule has 1 aliphatic heterocycles. The molecule has 1 atom stereocenters. The van der Waals surface area contributed by atoms with Crippen LogP contribution >= 0.6 is 0 Å². The Morgan fingerprint density at radius 1 is 1.08 bits per heavy atom. The molecule has 3 rings (SSSR count). The van der Waals surface area contributed by atoms with Gasteiger partial charge in [-0.15, -0.1) is 11.6 Å². The van der Waals surface area contributed by atoms with Crippen LogP contribution in [-0.4, -0.2) is 30.8 Å². The molecular weight excluding hydrogens is 328 g/mol. The fourth-order valence-corrected chi connectivity index (χ4v) is 6.04. The summed E-state index contributed by atoms with van der Waals surface area (Å²) in [6.45, 7) is 3.90. The second-order valence-corrected chi connectivity index (χ2v) is 8.10. The Morgan fingerprint density at radius 3 is 1.96 bits per heavy atom. The van der Waals surface area contributed by atoms with Gasteiger partial charge in [0.05, 0.1) is 12.5 Å². The van der Waals surface area contributed by atoms with Crippen LogP contribution < -0.4 is 51.4 Å². The van der Waals surface area contributed by atoms with E-state index in [0.717, 1.165) is 0 Å². The Balaban J connectivity index is 0.00000208. The second kappa shape index (κ2) is 8.55. The number of ether oxygens (including phenoxy) is 1. The minimum atomic E-state index is -1.36. The van der Waals surface area contributed by atoms with Gasteiger partial charge < -0.3 is 9.39 Å². The van der Waals surface area contributed by atoms with Crippen molar-refractivity contribution in [1.29, 1.82) is 0 Å². The molecule has 3 aliphatic rings. The molecule has 0 bridgehead atoms.